The molecule has 2 nitrogen and oxygen atoms in total. The van der Waals surface area contributed by atoms with Gasteiger partial charge in [-0.25, -0.2) is 0 Å². The Morgan fingerprint density at radius 1 is 1.44 bits per heavy atom. The summed E-state index contributed by atoms with van der Waals surface area (Å²) in [6, 6.07) is 0. The first-order valence-corrected chi connectivity index (χ1v) is 3.43. The third-order valence-corrected chi connectivity index (χ3v) is 1.26. The number of Topliss-reactive ketones (excluding diaryl/α,β-unsaturated/α-hetero) is 2. The molecule has 4 heteroatoms. The van der Waals surface area contributed by atoms with Gasteiger partial charge in [-0.15, -0.1) is 0 Å². The Labute approximate surface area is 76.4 Å². The van der Waals surface area contributed by atoms with Gasteiger partial charge in [-0.1, -0.05) is 0 Å². The summed E-state index contributed by atoms with van der Waals surface area (Å²) >= 11 is 1.76. The van der Waals surface area contributed by atoms with Crippen molar-refractivity contribution < 1.29 is 46.8 Å². The first-order chi connectivity index (χ1) is 3.66. The van der Waals surface area contributed by atoms with E-state index in [1.54, 1.807) is 20.4 Å². The third kappa shape index (κ3) is 8.56. The van der Waals surface area contributed by atoms with Gasteiger partial charge < -0.3 is 0 Å². The second-order valence-corrected chi connectivity index (χ2v) is 2.15. The van der Waals surface area contributed by atoms with Crippen molar-refractivity contribution in [1.82, 2.24) is 0 Å². The largest absolute Gasteiger partial charge is 0 e. The molecular weight excluding hydrogens is 199 g/mol. The first-order valence-electron chi connectivity index (χ1n) is 2.32. The number of carbonyl (C=O) groups is 2. The molecule has 0 heterocycles. The van der Waals surface area contributed by atoms with Crippen LogP contribution in [-0.4, -0.2) is 11.6 Å². The summed E-state index contributed by atoms with van der Waals surface area (Å²) in [6.45, 7) is 1.42. The fourth-order valence-electron chi connectivity index (χ4n) is 0.340. The zero-order chi connectivity index (χ0) is 6.57. The summed E-state index contributed by atoms with van der Waals surface area (Å²) in [5, 5.41) is 0. The summed E-state index contributed by atoms with van der Waals surface area (Å²) in [7, 11) is 0. The van der Waals surface area contributed by atoms with Gasteiger partial charge in [0.25, 0.3) is 0 Å². The maximum Gasteiger partial charge on any atom is 0 e. The molecule has 0 bridgehead atoms. The van der Waals surface area contributed by atoms with Gasteiger partial charge >= 0.3 is 59.7 Å². The van der Waals surface area contributed by atoms with E-state index in [9.17, 15) is 9.59 Å². The van der Waals surface area contributed by atoms with Gasteiger partial charge in [0, 0.05) is 16.8 Å². The van der Waals surface area contributed by atoms with Crippen molar-refractivity contribution in [2.45, 2.75) is 18.1 Å². The molecule has 0 saturated heterocycles. The Morgan fingerprint density at radius 3 is 2.00 bits per heavy atom. The molecule has 0 N–H and O–H groups in total. The Morgan fingerprint density at radius 2 is 1.89 bits per heavy atom. The summed E-state index contributed by atoms with van der Waals surface area (Å²) in [4.78, 5) is 20.6. The molecule has 0 aromatic rings. The second-order valence-electron chi connectivity index (χ2n) is 1.59. The van der Waals surface area contributed by atoms with Crippen molar-refractivity contribution in [3.63, 3.8) is 0 Å². The summed E-state index contributed by atoms with van der Waals surface area (Å²) in [5.74, 6) is -0.0191. The van der Waals surface area contributed by atoms with E-state index in [0.717, 1.165) is 0 Å². The van der Waals surface area contributed by atoms with Crippen LogP contribution in [-0.2, 0) is 46.8 Å². The van der Waals surface area contributed by atoms with Gasteiger partial charge in [0.2, 0.25) is 0 Å². The molecule has 1 radical (unpaired) electrons. The predicted molar refractivity (Wildman–Crippen MR) is 25.1 cm³/mol. The normalized spacial score (nSPS) is 7.56. The van der Waals surface area contributed by atoms with Crippen LogP contribution >= 0.6 is 0 Å². The van der Waals surface area contributed by atoms with Crippen molar-refractivity contribution >= 4 is 11.6 Å². The van der Waals surface area contributed by atoms with Gasteiger partial charge in [-0.05, 0) is 0 Å². The van der Waals surface area contributed by atoms with E-state index in [-0.39, 0.29) is 34.8 Å². The molecule has 0 aliphatic carbocycles. The van der Waals surface area contributed by atoms with Crippen LogP contribution in [0.5, 0.6) is 0 Å². The van der Waals surface area contributed by atoms with E-state index >= 15 is 0 Å². The van der Waals surface area contributed by atoms with Gasteiger partial charge in [0.05, 0.1) is 0 Å². The van der Waals surface area contributed by atoms with Crippen LogP contribution in [0.3, 0.4) is 0 Å². The van der Waals surface area contributed by atoms with Crippen LogP contribution in [0, 0.1) is 0 Å². The monoisotopic (exact) mass is 206 g/mol. The minimum Gasteiger partial charge on any atom is 0 e. The smallest absolute Gasteiger partial charge is 0 e. The van der Waals surface area contributed by atoms with Gasteiger partial charge in [0.15, 0.2) is 0 Å². The molecule has 0 rings (SSSR count). The molecular formula is C5H7CoO2Ti. The van der Waals surface area contributed by atoms with E-state index in [2.05, 4.69) is 0 Å². The van der Waals surface area contributed by atoms with Crippen molar-refractivity contribution in [3.8, 4) is 0 Å². The Hall–Kier alpha value is 0.561. The number of ketones is 2. The van der Waals surface area contributed by atoms with Gasteiger partial charge in [-0.3, -0.25) is 0 Å². The number of hydrogen-bond acceptors (Lipinski definition) is 2. The minimum absolute atomic E-state index is 0. The third-order valence-electron chi connectivity index (χ3n) is 0.643. The number of carbonyl (C=O) groups excluding carboxylic acids is 2. The molecule has 0 amide bonds. The topological polar surface area (TPSA) is 34.1 Å². The van der Waals surface area contributed by atoms with E-state index in [4.69, 9.17) is 0 Å². The summed E-state index contributed by atoms with van der Waals surface area (Å²) in [6.07, 6.45) is 0.108. The first kappa shape index (κ1) is 12.3. The maximum absolute atomic E-state index is 10.4. The molecule has 0 aliphatic heterocycles. The van der Waals surface area contributed by atoms with Crippen LogP contribution in [0.4, 0.5) is 0 Å². The van der Waals surface area contributed by atoms with E-state index in [0.29, 0.717) is 4.73 Å². The molecule has 0 fully saturated rings. The number of hydrogen-bond donors (Lipinski definition) is 0. The number of rotatable bonds is 3. The summed E-state index contributed by atoms with van der Waals surface area (Å²) < 4.78 is 0.472. The molecule has 0 atom stereocenters. The molecule has 0 aliphatic rings. The molecule has 9 heavy (non-hydrogen) atoms. The molecule has 0 aromatic carbocycles. The van der Waals surface area contributed by atoms with Crippen LogP contribution in [0.15, 0.2) is 0 Å². The van der Waals surface area contributed by atoms with Crippen molar-refractivity contribution in [2.75, 3.05) is 0 Å². The Balaban J connectivity index is 0. The standard InChI is InChI=1S/C5H7O2.Co.Ti/c1-4(6)3-5(2)7;;/h1,3H2,2H3;;. The van der Waals surface area contributed by atoms with E-state index in [1.807, 2.05) is 0 Å². The fraction of sp³-hybridized carbons (Fsp3) is 0.600. The van der Waals surface area contributed by atoms with Crippen LogP contribution in [0.25, 0.3) is 0 Å². The second kappa shape index (κ2) is 6.68. The van der Waals surface area contributed by atoms with Gasteiger partial charge in [0.1, 0.15) is 0 Å². The summed E-state index contributed by atoms with van der Waals surface area (Å²) in [5.41, 5.74) is 0. The quantitative estimate of drug-likeness (QED) is 0.497. The van der Waals surface area contributed by atoms with E-state index < -0.39 is 0 Å². The van der Waals surface area contributed by atoms with Gasteiger partial charge in [-0.2, -0.15) is 0 Å². The van der Waals surface area contributed by atoms with E-state index in [1.165, 1.54) is 6.92 Å². The minimum atomic E-state index is -0.0446. The van der Waals surface area contributed by atoms with Crippen LogP contribution < -0.4 is 0 Å². The van der Waals surface area contributed by atoms with Crippen LogP contribution in [0.2, 0.25) is 4.73 Å². The predicted octanol–water partition coefficient (Wildman–Crippen LogP) is 0.497. The molecule has 0 saturated carbocycles. The van der Waals surface area contributed by atoms with Crippen molar-refractivity contribution in [3.05, 3.63) is 0 Å². The molecule has 52 valence electrons. The Bertz CT molecular complexity index is 114. The van der Waals surface area contributed by atoms with Crippen molar-refractivity contribution in [2.24, 2.45) is 0 Å². The zero-order valence-electron chi connectivity index (χ0n) is 5.06. The molecule has 0 aromatic heterocycles. The average molecular weight is 206 g/mol. The SMILES string of the molecule is CC(=O)CC(=O)[CH2][Ti].[Co]. The van der Waals surface area contributed by atoms with Crippen LogP contribution in [0.1, 0.15) is 13.3 Å². The molecule has 0 unspecified atom stereocenters. The Kier molecular flexibility index (Phi) is 9.09. The molecule has 0 spiro atoms. The maximum atomic E-state index is 10.4. The van der Waals surface area contributed by atoms with Crippen molar-refractivity contribution in [1.29, 1.82) is 0 Å². The fourth-order valence-corrected chi connectivity index (χ4v) is 0.535. The average Bonchev–Trinajstić information content (AvgIpc) is 1.65. The zero-order valence-corrected chi connectivity index (χ0v) is 7.67.